The van der Waals surface area contributed by atoms with Gasteiger partial charge in [0, 0.05) is 30.9 Å². The van der Waals surface area contributed by atoms with E-state index in [0.29, 0.717) is 25.9 Å². The van der Waals surface area contributed by atoms with E-state index in [1.165, 1.54) is 6.20 Å². The van der Waals surface area contributed by atoms with Crippen molar-refractivity contribution < 1.29 is 21.9 Å². The zero-order chi connectivity index (χ0) is 22.2. The molecule has 1 aliphatic carbocycles. The van der Waals surface area contributed by atoms with Crippen LogP contribution in [0.3, 0.4) is 0 Å². The van der Waals surface area contributed by atoms with E-state index in [2.05, 4.69) is 20.3 Å². The monoisotopic (exact) mass is 453 g/mol. The maximum Gasteiger partial charge on any atom is 0.250 e. The summed E-state index contributed by atoms with van der Waals surface area (Å²) in [6, 6.07) is 1.09. The number of ether oxygens (including phenoxy) is 1. The van der Waals surface area contributed by atoms with Crippen LogP contribution in [0.5, 0.6) is 5.88 Å². The average molecular weight is 454 g/mol. The lowest BCUT2D eigenvalue weighted by molar-refractivity contribution is 0.221. The predicted molar refractivity (Wildman–Crippen MR) is 111 cm³/mol. The molecule has 4 rings (SSSR count). The van der Waals surface area contributed by atoms with Crippen LogP contribution in [-0.4, -0.2) is 58.2 Å². The number of rotatable bonds is 7. The smallest absolute Gasteiger partial charge is 0.250 e. The molecule has 0 radical (unpaired) electrons. The van der Waals surface area contributed by atoms with Crippen LogP contribution in [-0.2, 0) is 10.0 Å². The Hall–Kier alpha value is -2.40. The Balaban J connectivity index is 1.44. The molecule has 3 heterocycles. The van der Waals surface area contributed by atoms with E-state index in [-0.39, 0.29) is 40.5 Å². The van der Waals surface area contributed by atoms with Gasteiger partial charge in [-0.1, -0.05) is 0 Å². The molecule has 0 atom stereocenters. The summed E-state index contributed by atoms with van der Waals surface area (Å²) in [6.45, 7) is 4.36. The van der Waals surface area contributed by atoms with Crippen molar-refractivity contribution in [2.75, 3.05) is 18.4 Å². The van der Waals surface area contributed by atoms with Gasteiger partial charge in [0.25, 0.3) is 5.88 Å². The molecule has 1 saturated heterocycles. The second-order valence-corrected chi connectivity index (χ2v) is 10.3. The van der Waals surface area contributed by atoms with Gasteiger partial charge >= 0.3 is 0 Å². The Morgan fingerprint density at radius 1 is 1.10 bits per heavy atom. The Morgan fingerprint density at radius 3 is 2.42 bits per heavy atom. The lowest BCUT2D eigenvalue weighted by atomic mass is 10.1. The highest BCUT2D eigenvalue weighted by atomic mass is 32.2. The second-order valence-electron chi connectivity index (χ2n) is 8.13. The fraction of sp³-hybridized carbons (Fsp3) is 0.550. The lowest BCUT2D eigenvalue weighted by Gasteiger charge is -2.31. The summed E-state index contributed by atoms with van der Waals surface area (Å²) in [5.41, 5.74) is 0.0932. The first-order valence-corrected chi connectivity index (χ1v) is 11.8. The van der Waals surface area contributed by atoms with Gasteiger partial charge in [-0.15, -0.1) is 0 Å². The summed E-state index contributed by atoms with van der Waals surface area (Å²) in [7, 11) is -3.18. The first-order chi connectivity index (χ1) is 14.7. The molecule has 31 heavy (non-hydrogen) atoms. The van der Waals surface area contributed by atoms with Crippen LogP contribution in [0.25, 0.3) is 11.3 Å². The molecular weight excluding hydrogens is 428 g/mol. The second kappa shape index (κ2) is 8.62. The molecule has 0 bridgehead atoms. The van der Waals surface area contributed by atoms with Crippen molar-refractivity contribution >= 4 is 16.0 Å². The number of hydrogen-bond acceptors (Lipinski definition) is 7. The molecule has 8 nitrogen and oxygen atoms in total. The van der Waals surface area contributed by atoms with Gasteiger partial charge in [-0.2, -0.15) is 0 Å². The molecule has 2 aliphatic rings. The van der Waals surface area contributed by atoms with Crippen molar-refractivity contribution in [1.82, 2.24) is 19.3 Å². The highest BCUT2D eigenvalue weighted by Gasteiger charge is 2.41. The molecule has 2 fully saturated rings. The van der Waals surface area contributed by atoms with Crippen molar-refractivity contribution in [2.45, 2.75) is 56.9 Å². The highest BCUT2D eigenvalue weighted by molar-refractivity contribution is 7.90. The van der Waals surface area contributed by atoms with Crippen LogP contribution < -0.4 is 10.1 Å². The SMILES string of the molecule is CC(C)Oc1ncc(-c2nc(NC3CCN(S(=O)(=O)C4CC4)CC3)ncc2F)cc1F. The van der Waals surface area contributed by atoms with Crippen molar-refractivity contribution in [3.8, 4) is 17.1 Å². The summed E-state index contributed by atoms with van der Waals surface area (Å²) < 4.78 is 60.1. The number of halogens is 2. The number of nitrogens with zero attached hydrogens (tertiary/aromatic N) is 4. The quantitative estimate of drug-likeness (QED) is 0.688. The summed E-state index contributed by atoms with van der Waals surface area (Å²) in [4.78, 5) is 12.1. The summed E-state index contributed by atoms with van der Waals surface area (Å²) in [5.74, 6) is -1.36. The summed E-state index contributed by atoms with van der Waals surface area (Å²) >= 11 is 0. The third-order valence-corrected chi connectivity index (χ3v) is 7.66. The van der Waals surface area contributed by atoms with Gasteiger partial charge in [0.2, 0.25) is 16.0 Å². The van der Waals surface area contributed by atoms with E-state index in [9.17, 15) is 17.2 Å². The molecule has 0 amide bonds. The van der Waals surface area contributed by atoms with Crippen LogP contribution in [0.4, 0.5) is 14.7 Å². The van der Waals surface area contributed by atoms with E-state index in [0.717, 1.165) is 25.1 Å². The fourth-order valence-electron chi connectivity index (χ4n) is 3.52. The number of piperidine rings is 1. The van der Waals surface area contributed by atoms with Crippen molar-refractivity contribution in [1.29, 1.82) is 0 Å². The summed E-state index contributed by atoms with van der Waals surface area (Å²) in [6.07, 6.45) is 4.76. The minimum Gasteiger partial charge on any atom is -0.473 e. The summed E-state index contributed by atoms with van der Waals surface area (Å²) in [5, 5.41) is 2.92. The number of sulfonamides is 1. The van der Waals surface area contributed by atoms with E-state index in [4.69, 9.17) is 4.74 Å². The molecule has 0 unspecified atom stereocenters. The molecule has 1 N–H and O–H groups in total. The fourth-order valence-corrected chi connectivity index (χ4v) is 5.39. The zero-order valence-corrected chi connectivity index (χ0v) is 18.2. The van der Waals surface area contributed by atoms with Crippen molar-refractivity contribution in [3.63, 3.8) is 0 Å². The number of nitrogens with one attached hydrogen (secondary N) is 1. The molecule has 11 heteroatoms. The van der Waals surface area contributed by atoms with Crippen LogP contribution in [0.1, 0.15) is 39.5 Å². The van der Waals surface area contributed by atoms with Gasteiger partial charge in [-0.05, 0) is 45.6 Å². The van der Waals surface area contributed by atoms with Gasteiger partial charge in [-0.3, -0.25) is 0 Å². The number of pyridine rings is 1. The zero-order valence-electron chi connectivity index (χ0n) is 17.4. The van der Waals surface area contributed by atoms with Crippen molar-refractivity contribution in [3.05, 3.63) is 30.1 Å². The molecule has 0 aromatic carbocycles. The van der Waals surface area contributed by atoms with Crippen LogP contribution in [0, 0.1) is 11.6 Å². The highest BCUT2D eigenvalue weighted by Crippen LogP contribution is 2.32. The number of aromatic nitrogens is 3. The average Bonchev–Trinajstić information content (AvgIpc) is 3.57. The first-order valence-electron chi connectivity index (χ1n) is 10.3. The van der Waals surface area contributed by atoms with Crippen molar-refractivity contribution in [2.24, 2.45) is 0 Å². The molecule has 2 aromatic rings. The standard InChI is InChI=1S/C20H25F2N5O3S/c1-12(2)30-19-16(21)9-13(10-23-19)18-17(22)11-24-20(26-18)25-14-5-7-27(8-6-14)31(28,29)15-3-4-15/h9-12,14-15H,3-8H2,1-2H3,(H,24,25,26). The maximum absolute atomic E-state index is 14.3. The van der Waals surface area contributed by atoms with Gasteiger partial charge < -0.3 is 10.1 Å². The molecular formula is C20H25F2N5O3S. The molecule has 168 valence electrons. The third-order valence-electron chi connectivity index (χ3n) is 5.26. The Morgan fingerprint density at radius 2 is 1.81 bits per heavy atom. The Labute approximate surface area is 180 Å². The van der Waals surface area contributed by atoms with Crippen LogP contribution in [0.2, 0.25) is 0 Å². The molecule has 1 aliphatic heterocycles. The Bertz CT molecular complexity index is 1050. The molecule has 0 spiro atoms. The topological polar surface area (TPSA) is 97.3 Å². The van der Waals surface area contributed by atoms with E-state index in [1.807, 2.05) is 0 Å². The van der Waals surface area contributed by atoms with E-state index in [1.54, 1.807) is 18.2 Å². The first kappa shape index (κ1) is 21.8. The molecule has 2 aromatic heterocycles. The largest absolute Gasteiger partial charge is 0.473 e. The normalized spacial score (nSPS) is 18.4. The third kappa shape index (κ3) is 4.93. The van der Waals surface area contributed by atoms with Crippen LogP contribution >= 0.6 is 0 Å². The van der Waals surface area contributed by atoms with Gasteiger partial charge in [0.1, 0.15) is 5.69 Å². The number of hydrogen-bond donors (Lipinski definition) is 1. The Kier molecular flexibility index (Phi) is 6.07. The van der Waals surface area contributed by atoms with Crippen LogP contribution in [0.15, 0.2) is 18.5 Å². The van der Waals surface area contributed by atoms with E-state index >= 15 is 0 Å². The minimum absolute atomic E-state index is 0.0411. The van der Waals surface area contributed by atoms with Gasteiger partial charge in [0.15, 0.2) is 11.6 Å². The van der Waals surface area contributed by atoms with Gasteiger partial charge in [-0.25, -0.2) is 36.5 Å². The maximum atomic E-state index is 14.3. The lowest BCUT2D eigenvalue weighted by Crippen LogP contribution is -2.43. The molecule has 1 saturated carbocycles. The number of anilines is 1. The minimum atomic E-state index is -3.18. The van der Waals surface area contributed by atoms with E-state index < -0.39 is 21.7 Å². The van der Waals surface area contributed by atoms with Gasteiger partial charge in [0.05, 0.1) is 17.6 Å². The predicted octanol–water partition coefficient (Wildman–Crippen LogP) is 2.97.